The number of anilines is 1. The standard InChI is InChI=1S/C8H7BrINO/c1-6(12)11(9)8-5-3-2-4-7(8)10/h2-5H,1H3. The summed E-state index contributed by atoms with van der Waals surface area (Å²) in [4.78, 5) is 11.0. The molecule has 0 radical (unpaired) electrons. The molecule has 1 amide bonds. The predicted octanol–water partition coefficient (Wildman–Crippen LogP) is 2.95. The van der Waals surface area contributed by atoms with Gasteiger partial charge in [0.05, 0.1) is 21.8 Å². The maximum absolute atomic E-state index is 11.0. The summed E-state index contributed by atoms with van der Waals surface area (Å²) in [6.45, 7) is 1.51. The Labute approximate surface area is 93.4 Å². The monoisotopic (exact) mass is 339 g/mol. The van der Waals surface area contributed by atoms with E-state index in [1.807, 2.05) is 24.3 Å². The Morgan fingerprint density at radius 1 is 1.50 bits per heavy atom. The summed E-state index contributed by atoms with van der Waals surface area (Å²) >= 11 is 5.37. The van der Waals surface area contributed by atoms with Crippen LogP contribution in [0.1, 0.15) is 6.92 Å². The van der Waals surface area contributed by atoms with Crippen LogP contribution in [0.4, 0.5) is 5.69 Å². The first-order valence-corrected chi connectivity index (χ1v) is 5.12. The third-order valence-electron chi connectivity index (χ3n) is 1.34. The maximum Gasteiger partial charge on any atom is 0.234 e. The van der Waals surface area contributed by atoms with Crippen LogP contribution in [0.5, 0.6) is 0 Å². The molecule has 0 aliphatic heterocycles. The van der Waals surface area contributed by atoms with Crippen LogP contribution in [0, 0.1) is 3.57 Å². The Balaban J connectivity index is 3.02. The third-order valence-corrected chi connectivity index (χ3v) is 3.13. The van der Waals surface area contributed by atoms with Gasteiger partial charge in [0, 0.05) is 10.5 Å². The van der Waals surface area contributed by atoms with Gasteiger partial charge in [-0.15, -0.1) is 0 Å². The summed E-state index contributed by atoms with van der Waals surface area (Å²) in [5.74, 6) is -0.0286. The molecule has 0 heterocycles. The second-order valence-corrected chi connectivity index (χ2v) is 4.12. The molecular weight excluding hydrogens is 333 g/mol. The highest BCUT2D eigenvalue weighted by Crippen LogP contribution is 2.24. The van der Waals surface area contributed by atoms with E-state index in [2.05, 4.69) is 38.7 Å². The van der Waals surface area contributed by atoms with E-state index in [0.717, 1.165) is 9.26 Å². The molecule has 0 N–H and O–H groups in total. The molecule has 1 aromatic rings. The molecule has 64 valence electrons. The lowest BCUT2D eigenvalue weighted by atomic mass is 10.3. The largest absolute Gasteiger partial charge is 0.274 e. The van der Waals surface area contributed by atoms with Crippen molar-refractivity contribution in [3.05, 3.63) is 27.8 Å². The zero-order chi connectivity index (χ0) is 9.14. The van der Waals surface area contributed by atoms with Crippen molar-refractivity contribution in [1.82, 2.24) is 0 Å². The van der Waals surface area contributed by atoms with Crippen LogP contribution in [0.25, 0.3) is 0 Å². The van der Waals surface area contributed by atoms with Crippen molar-refractivity contribution >= 4 is 50.3 Å². The Morgan fingerprint density at radius 3 is 2.58 bits per heavy atom. The molecule has 1 rings (SSSR count). The fourth-order valence-electron chi connectivity index (χ4n) is 0.781. The number of hydrogen-bond acceptors (Lipinski definition) is 1. The fourth-order valence-corrected chi connectivity index (χ4v) is 2.05. The topological polar surface area (TPSA) is 20.3 Å². The Hall–Kier alpha value is -0.100. The SMILES string of the molecule is CC(=O)N(Br)c1ccccc1I. The van der Waals surface area contributed by atoms with E-state index in [9.17, 15) is 4.79 Å². The van der Waals surface area contributed by atoms with Crippen LogP contribution in [-0.4, -0.2) is 5.91 Å². The molecule has 0 unspecified atom stereocenters. The lowest BCUT2D eigenvalue weighted by molar-refractivity contribution is -0.115. The lowest BCUT2D eigenvalue weighted by Crippen LogP contribution is -2.16. The van der Waals surface area contributed by atoms with E-state index < -0.39 is 0 Å². The van der Waals surface area contributed by atoms with Crippen molar-refractivity contribution in [1.29, 1.82) is 0 Å². The molecule has 12 heavy (non-hydrogen) atoms. The molecule has 1 aromatic carbocycles. The molecular formula is C8H7BrINO. The van der Waals surface area contributed by atoms with Gasteiger partial charge in [0.2, 0.25) is 5.91 Å². The molecule has 2 nitrogen and oxygen atoms in total. The quantitative estimate of drug-likeness (QED) is 0.569. The van der Waals surface area contributed by atoms with Gasteiger partial charge in [0.1, 0.15) is 0 Å². The van der Waals surface area contributed by atoms with Gasteiger partial charge in [-0.25, -0.2) is 3.93 Å². The molecule has 0 atom stereocenters. The summed E-state index contributed by atoms with van der Waals surface area (Å²) in [7, 11) is 0. The van der Waals surface area contributed by atoms with Crippen LogP contribution >= 0.6 is 38.7 Å². The van der Waals surface area contributed by atoms with Crippen molar-refractivity contribution in [3.8, 4) is 0 Å². The zero-order valence-electron chi connectivity index (χ0n) is 6.42. The minimum absolute atomic E-state index is 0.0286. The van der Waals surface area contributed by atoms with Gasteiger partial charge in [0.15, 0.2) is 0 Å². The summed E-state index contributed by atoms with van der Waals surface area (Å²) in [5, 5.41) is 0. The van der Waals surface area contributed by atoms with E-state index in [0.29, 0.717) is 0 Å². The van der Waals surface area contributed by atoms with Crippen LogP contribution in [0.2, 0.25) is 0 Å². The molecule has 0 saturated carbocycles. The van der Waals surface area contributed by atoms with Gasteiger partial charge in [-0.1, -0.05) is 12.1 Å². The molecule has 0 saturated heterocycles. The van der Waals surface area contributed by atoms with Crippen molar-refractivity contribution < 1.29 is 4.79 Å². The number of carbonyl (C=O) groups is 1. The second kappa shape index (κ2) is 4.23. The Kier molecular flexibility index (Phi) is 3.52. The molecule has 0 spiro atoms. The highest BCUT2D eigenvalue weighted by atomic mass is 127. The average Bonchev–Trinajstić information content (AvgIpc) is 2.04. The Bertz CT molecular complexity index is 303. The highest BCUT2D eigenvalue weighted by Gasteiger charge is 2.09. The van der Waals surface area contributed by atoms with E-state index in [4.69, 9.17) is 0 Å². The number of nitrogens with zero attached hydrogens (tertiary/aromatic N) is 1. The van der Waals surface area contributed by atoms with Gasteiger partial charge >= 0.3 is 0 Å². The first-order chi connectivity index (χ1) is 5.63. The van der Waals surface area contributed by atoms with E-state index in [1.165, 1.54) is 10.8 Å². The smallest absolute Gasteiger partial charge is 0.234 e. The third kappa shape index (κ3) is 2.20. The number of para-hydroxylation sites is 1. The number of halogens is 2. The maximum atomic E-state index is 11.0. The Morgan fingerprint density at radius 2 is 2.08 bits per heavy atom. The van der Waals surface area contributed by atoms with E-state index in [-0.39, 0.29) is 5.91 Å². The normalized spacial score (nSPS) is 9.58. The summed E-state index contributed by atoms with van der Waals surface area (Å²) in [5.41, 5.74) is 0.880. The number of amides is 1. The van der Waals surface area contributed by atoms with Gasteiger partial charge in [-0.2, -0.15) is 0 Å². The van der Waals surface area contributed by atoms with Crippen LogP contribution in [0.15, 0.2) is 24.3 Å². The van der Waals surface area contributed by atoms with Crippen LogP contribution in [-0.2, 0) is 4.79 Å². The first kappa shape index (κ1) is 9.98. The van der Waals surface area contributed by atoms with Crippen molar-refractivity contribution in [2.75, 3.05) is 3.93 Å². The highest BCUT2D eigenvalue weighted by molar-refractivity contribution is 14.1. The van der Waals surface area contributed by atoms with Gasteiger partial charge in [0.25, 0.3) is 0 Å². The van der Waals surface area contributed by atoms with Crippen LogP contribution in [0.3, 0.4) is 0 Å². The molecule has 0 fully saturated rings. The molecule has 0 bridgehead atoms. The second-order valence-electron chi connectivity index (χ2n) is 2.25. The van der Waals surface area contributed by atoms with Gasteiger partial charge in [-0.3, -0.25) is 4.79 Å². The number of rotatable bonds is 1. The van der Waals surface area contributed by atoms with Crippen LogP contribution < -0.4 is 3.93 Å². The first-order valence-electron chi connectivity index (χ1n) is 3.34. The fraction of sp³-hybridized carbons (Fsp3) is 0.125. The molecule has 4 heteroatoms. The molecule has 0 aliphatic rings. The molecule has 0 aliphatic carbocycles. The van der Waals surface area contributed by atoms with E-state index >= 15 is 0 Å². The number of carbonyl (C=O) groups excluding carboxylic acids is 1. The number of hydrogen-bond donors (Lipinski definition) is 0. The van der Waals surface area contributed by atoms with Gasteiger partial charge in [-0.05, 0) is 34.7 Å². The van der Waals surface area contributed by atoms with E-state index in [1.54, 1.807) is 0 Å². The minimum atomic E-state index is -0.0286. The average molecular weight is 340 g/mol. The zero-order valence-corrected chi connectivity index (χ0v) is 10.2. The number of benzene rings is 1. The van der Waals surface area contributed by atoms with Crippen molar-refractivity contribution in [3.63, 3.8) is 0 Å². The summed E-state index contributed by atoms with van der Waals surface area (Å²) in [6.07, 6.45) is 0. The minimum Gasteiger partial charge on any atom is -0.274 e. The molecule has 0 aromatic heterocycles. The summed E-state index contributed by atoms with van der Waals surface area (Å²) < 4.78 is 2.50. The lowest BCUT2D eigenvalue weighted by Gasteiger charge is -2.13. The predicted molar refractivity (Wildman–Crippen MR) is 61.2 cm³/mol. The van der Waals surface area contributed by atoms with Gasteiger partial charge < -0.3 is 0 Å². The van der Waals surface area contributed by atoms with Crippen molar-refractivity contribution in [2.24, 2.45) is 0 Å². The summed E-state index contributed by atoms with van der Waals surface area (Å²) in [6, 6.07) is 7.67. The van der Waals surface area contributed by atoms with Crippen molar-refractivity contribution in [2.45, 2.75) is 6.92 Å².